The highest BCUT2D eigenvalue weighted by Crippen LogP contribution is 2.43. The van der Waals surface area contributed by atoms with Gasteiger partial charge in [0, 0.05) is 36.3 Å². The highest BCUT2D eigenvalue weighted by atomic mass is 32.1. The first-order valence-electron chi connectivity index (χ1n) is 11.1. The van der Waals surface area contributed by atoms with Gasteiger partial charge in [0.15, 0.2) is 5.76 Å². The van der Waals surface area contributed by atoms with Crippen molar-refractivity contribution >= 4 is 17.5 Å². The van der Waals surface area contributed by atoms with Gasteiger partial charge in [-0.2, -0.15) is 9.64 Å². The number of fused-ring (bicyclic) bond motifs is 3. The van der Waals surface area contributed by atoms with E-state index in [0.29, 0.717) is 30.1 Å². The summed E-state index contributed by atoms with van der Waals surface area (Å²) in [4.78, 5) is 13.9. The molecule has 1 saturated heterocycles. The van der Waals surface area contributed by atoms with E-state index in [1.165, 1.54) is 22.7 Å². The van der Waals surface area contributed by atoms with Gasteiger partial charge in [0.1, 0.15) is 27.9 Å². The van der Waals surface area contributed by atoms with Crippen molar-refractivity contribution in [3.8, 4) is 39.2 Å². The second-order valence-corrected chi connectivity index (χ2v) is 9.55. The van der Waals surface area contributed by atoms with Crippen molar-refractivity contribution in [1.29, 1.82) is 5.26 Å². The molecule has 1 aliphatic heterocycles. The average Bonchev–Trinajstić information content (AvgIpc) is 3.45. The van der Waals surface area contributed by atoms with E-state index in [1.54, 1.807) is 0 Å². The second kappa shape index (κ2) is 8.20. The number of carboxylic acid groups (broad SMARTS) is 1. The average molecular weight is 469 g/mol. The van der Waals surface area contributed by atoms with E-state index in [2.05, 4.69) is 38.7 Å². The SMILES string of the molecule is N#Cc1c(-c2ccccc2)nsc1-c1onc2c1CCc1cc(CN3CC(C(=O)O)C3)ccc1-2. The summed E-state index contributed by atoms with van der Waals surface area (Å²) in [5.74, 6) is -0.324. The molecular formula is C26H20N4O3S. The van der Waals surface area contributed by atoms with Crippen LogP contribution in [-0.4, -0.2) is 38.6 Å². The van der Waals surface area contributed by atoms with Crippen LogP contribution >= 0.6 is 11.5 Å². The summed E-state index contributed by atoms with van der Waals surface area (Å²) in [7, 11) is 0. The number of aromatic nitrogens is 2. The first kappa shape index (κ1) is 20.8. The molecule has 2 aromatic heterocycles. The Bertz CT molecular complexity index is 1440. The molecule has 0 spiro atoms. The highest BCUT2D eigenvalue weighted by molar-refractivity contribution is 7.10. The quantitative estimate of drug-likeness (QED) is 0.456. The Morgan fingerprint density at radius 2 is 2.00 bits per heavy atom. The predicted molar refractivity (Wildman–Crippen MR) is 127 cm³/mol. The summed E-state index contributed by atoms with van der Waals surface area (Å²) in [5.41, 5.74) is 7.40. The molecule has 7 nitrogen and oxygen atoms in total. The van der Waals surface area contributed by atoms with Gasteiger partial charge in [-0.05, 0) is 35.5 Å². The molecule has 1 aliphatic carbocycles. The molecule has 3 heterocycles. The zero-order valence-corrected chi connectivity index (χ0v) is 19.0. The summed E-state index contributed by atoms with van der Waals surface area (Å²) in [6.45, 7) is 1.96. The molecular weight excluding hydrogens is 448 g/mol. The van der Waals surface area contributed by atoms with E-state index in [1.807, 2.05) is 30.3 Å². The first-order chi connectivity index (χ1) is 16.6. The van der Waals surface area contributed by atoms with Crippen LogP contribution in [0.25, 0.3) is 33.2 Å². The van der Waals surface area contributed by atoms with E-state index in [4.69, 9.17) is 9.63 Å². The van der Waals surface area contributed by atoms with Crippen molar-refractivity contribution in [3.63, 3.8) is 0 Å². The topological polar surface area (TPSA) is 103 Å². The standard InChI is InChI=1S/C26H20N4O3S/c27-11-21-22(16-4-2-1-3-5-16)29-34-25(21)24-20-9-7-17-10-15(6-8-19(17)23(20)28-33-24)12-30-13-18(14-30)26(31)32/h1-6,8,10,18H,7,9,12-14H2,(H,31,32). The molecule has 0 bridgehead atoms. The zero-order valence-electron chi connectivity index (χ0n) is 18.2. The molecule has 1 N–H and O–H groups in total. The third kappa shape index (κ3) is 3.41. The molecule has 0 radical (unpaired) electrons. The predicted octanol–water partition coefficient (Wildman–Crippen LogP) is 4.62. The van der Waals surface area contributed by atoms with Gasteiger partial charge in [0.05, 0.1) is 5.92 Å². The molecule has 2 aromatic carbocycles. The molecule has 0 unspecified atom stereocenters. The number of benzene rings is 2. The fraction of sp³-hybridized carbons (Fsp3) is 0.231. The molecule has 168 valence electrons. The van der Waals surface area contributed by atoms with Crippen LogP contribution in [0.3, 0.4) is 0 Å². The summed E-state index contributed by atoms with van der Waals surface area (Å²) in [5, 5.41) is 23.4. The van der Waals surface area contributed by atoms with Gasteiger partial charge in [0.2, 0.25) is 0 Å². The van der Waals surface area contributed by atoms with Gasteiger partial charge >= 0.3 is 5.97 Å². The number of aryl methyl sites for hydroxylation is 1. The molecule has 2 aliphatic rings. The molecule has 34 heavy (non-hydrogen) atoms. The Morgan fingerprint density at radius 1 is 1.18 bits per heavy atom. The Hall–Kier alpha value is -3.80. The van der Waals surface area contributed by atoms with Crippen LogP contribution in [0.4, 0.5) is 0 Å². The molecule has 8 heteroatoms. The van der Waals surface area contributed by atoms with Crippen molar-refractivity contribution in [2.24, 2.45) is 5.92 Å². The fourth-order valence-electron chi connectivity index (χ4n) is 4.83. The molecule has 6 rings (SSSR count). The zero-order chi connectivity index (χ0) is 23.2. The molecule has 4 aromatic rings. The number of nitriles is 1. The number of hydrogen-bond donors (Lipinski definition) is 1. The first-order valence-corrected chi connectivity index (χ1v) is 11.9. The number of likely N-dealkylation sites (tertiary alicyclic amines) is 1. The van der Waals surface area contributed by atoms with E-state index >= 15 is 0 Å². The van der Waals surface area contributed by atoms with Crippen LogP contribution in [0.2, 0.25) is 0 Å². The maximum atomic E-state index is 11.0. The number of carbonyl (C=O) groups is 1. The number of carboxylic acids is 1. The number of aliphatic carboxylic acids is 1. The van der Waals surface area contributed by atoms with Gasteiger partial charge in [-0.3, -0.25) is 9.69 Å². The Labute approximate surface area is 200 Å². The van der Waals surface area contributed by atoms with Gasteiger partial charge < -0.3 is 9.63 Å². The van der Waals surface area contributed by atoms with Gasteiger partial charge in [-0.15, -0.1) is 0 Å². The van der Waals surface area contributed by atoms with Crippen LogP contribution < -0.4 is 0 Å². The van der Waals surface area contributed by atoms with E-state index in [0.717, 1.165) is 46.6 Å². The smallest absolute Gasteiger partial charge is 0.309 e. The Morgan fingerprint density at radius 3 is 2.76 bits per heavy atom. The van der Waals surface area contributed by atoms with Crippen LogP contribution in [0.5, 0.6) is 0 Å². The molecule has 0 saturated carbocycles. The van der Waals surface area contributed by atoms with Gasteiger partial charge in [-0.1, -0.05) is 53.7 Å². The summed E-state index contributed by atoms with van der Waals surface area (Å²) in [6.07, 6.45) is 1.63. The lowest BCUT2D eigenvalue weighted by molar-refractivity contribution is -0.147. The van der Waals surface area contributed by atoms with E-state index in [-0.39, 0.29) is 5.92 Å². The lowest BCUT2D eigenvalue weighted by atomic mass is 9.87. The van der Waals surface area contributed by atoms with Gasteiger partial charge in [-0.25, -0.2) is 0 Å². The van der Waals surface area contributed by atoms with Crippen molar-refractivity contribution in [3.05, 3.63) is 70.8 Å². The molecule has 0 atom stereocenters. The number of hydrogen-bond acceptors (Lipinski definition) is 7. The lowest BCUT2D eigenvalue weighted by Gasteiger charge is -2.36. The Balaban J connectivity index is 1.29. The second-order valence-electron chi connectivity index (χ2n) is 8.77. The molecule has 0 amide bonds. The maximum absolute atomic E-state index is 11.0. The van der Waals surface area contributed by atoms with Gasteiger partial charge in [0.25, 0.3) is 0 Å². The minimum atomic E-state index is -0.715. The van der Waals surface area contributed by atoms with Crippen LogP contribution in [-0.2, 0) is 24.2 Å². The maximum Gasteiger partial charge on any atom is 0.309 e. The van der Waals surface area contributed by atoms with Crippen molar-refractivity contribution < 1.29 is 14.4 Å². The normalized spacial score (nSPS) is 15.3. The Kier molecular flexibility index (Phi) is 5.01. The van der Waals surface area contributed by atoms with Crippen molar-refractivity contribution in [2.45, 2.75) is 19.4 Å². The summed E-state index contributed by atoms with van der Waals surface area (Å²) >= 11 is 1.27. The number of rotatable bonds is 5. The third-order valence-corrected chi connectivity index (χ3v) is 7.47. The number of nitrogens with zero attached hydrogens (tertiary/aromatic N) is 4. The van der Waals surface area contributed by atoms with Crippen LogP contribution in [0, 0.1) is 17.2 Å². The lowest BCUT2D eigenvalue weighted by Crippen LogP contribution is -2.49. The minimum Gasteiger partial charge on any atom is -0.481 e. The van der Waals surface area contributed by atoms with E-state index in [9.17, 15) is 10.1 Å². The van der Waals surface area contributed by atoms with E-state index < -0.39 is 5.97 Å². The molecule has 1 fully saturated rings. The summed E-state index contributed by atoms with van der Waals surface area (Å²) in [6, 6.07) is 18.4. The van der Waals surface area contributed by atoms with Crippen molar-refractivity contribution in [2.75, 3.05) is 13.1 Å². The summed E-state index contributed by atoms with van der Waals surface area (Å²) < 4.78 is 10.4. The largest absolute Gasteiger partial charge is 0.481 e. The van der Waals surface area contributed by atoms with Crippen LogP contribution in [0.1, 0.15) is 22.3 Å². The van der Waals surface area contributed by atoms with Crippen LogP contribution in [0.15, 0.2) is 53.1 Å². The fourth-order valence-corrected chi connectivity index (χ4v) is 5.69. The minimum absolute atomic E-state index is 0.249. The monoisotopic (exact) mass is 468 g/mol. The highest BCUT2D eigenvalue weighted by Gasteiger charge is 2.33. The van der Waals surface area contributed by atoms with Crippen molar-refractivity contribution in [1.82, 2.24) is 14.4 Å². The third-order valence-electron chi connectivity index (χ3n) is 6.63.